The Morgan fingerprint density at radius 1 is 0.864 bits per heavy atom. The molecule has 3 rings (SSSR count). The van der Waals surface area contributed by atoms with Crippen LogP contribution in [0.1, 0.15) is 11.5 Å². The van der Waals surface area contributed by atoms with Gasteiger partial charge >= 0.3 is 0 Å². The molecule has 22 heavy (non-hydrogen) atoms. The topological polar surface area (TPSA) is 76.3 Å². The fourth-order valence-electron chi connectivity index (χ4n) is 2.90. The van der Waals surface area contributed by atoms with Gasteiger partial charge in [-0.25, -0.2) is 0 Å². The molecule has 0 aliphatic heterocycles. The molecule has 0 aliphatic carbocycles. The second kappa shape index (κ2) is 5.24. The first kappa shape index (κ1) is 13.7. The lowest BCUT2D eigenvalue weighted by Gasteiger charge is -2.09. The number of para-hydroxylation sites is 1. The molecule has 0 bridgehead atoms. The smallest absolute Gasteiger partial charge is 0.153 e. The lowest BCUT2D eigenvalue weighted by molar-refractivity contribution is 0.745. The highest BCUT2D eigenvalue weighted by Crippen LogP contribution is 2.32. The van der Waals surface area contributed by atoms with Crippen molar-refractivity contribution < 1.29 is 0 Å². The van der Waals surface area contributed by atoms with Gasteiger partial charge in [-0.3, -0.25) is 0 Å². The number of hydrogen-bond acceptors (Lipinski definition) is 3. The summed E-state index contributed by atoms with van der Waals surface area (Å²) in [4.78, 5) is 0. The summed E-state index contributed by atoms with van der Waals surface area (Å²) in [6.45, 7) is 0. The maximum atomic E-state index is 9.35. The predicted molar refractivity (Wildman–Crippen MR) is 83.5 cm³/mol. The Balaban J connectivity index is 2.27. The quantitative estimate of drug-likeness (QED) is 0.721. The van der Waals surface area contributed by atoms with Crippen molar-refractivity contribution in [3.8, 4) is 18.2 Å². The molecule has 0 amide bonds. The van der Waals surface area contributed by atoms with E-state index in [1.54, 1.807) is 0 Å². The van der Waals surface area contributed by atoms with Crippen LogP contribution in [-0.2, 0) is 7.05 Å². The summed E-state index contributed by atoms with van der Waals surface area (Å²) in [5.41, 5.74) is 2.88. The zero-order valence-electron chi connectivity index (χ0n) is 12.0. The Kier molecular flexibility index (Phi) is 3.26. The molecule has 4 nitrogen and oxygen atoms in total. The van der Waals surface area contributed by atoms with Crippen LogP contribution < -0.4 is 0 Å². The zero-order chi connectivity index (χ0) is 15.7. The number of aryl methyl sites for hydroxylation is 1. The normalized spacial score (nSPS) is 12.0. The Morgan fingerprint density at radius 3 is 2.23 bits per heavy atom. The van der Waals surface area contributed by atoms with Crippen molar-refractivity contribution in [3.63, 3.8) is 0 Å². The van der Waals surface area contributed by atoms with Crippen molar-refractivity contribution in [2.24, 2.45) is 13.0 Å². The van der Waals surface area contributed by atoms with Crippen LogP contribution in [0.2, 0.25) is 0 Å². The number of benzene rings is 2. The van der Waals surface area contributed by atoms with E-state index < -0.39 is 11.8 Å². The molecule has 0 saturated heterocycles. The Labute approximate surface area is 128 Å². The molecular weight excluding hydrogens is 272 g/mol. The summed E-state index contributed by atoms with van der Waals surface area (Å²) in [7, 11) is 2.00. The van der Waals surface area contributed by atoms with Gasteiger partial charge in [-0.05, 0) is 23.8 Å². The molecule has 3 aromatic rings. The largest absolute Gasteiger partial charge is 0.344 e. The van der Waals surface area contributed by atoms with Crippen molar-refractivity contribution in [1.29, 1.82) is 15.8 Å². The van der Waals surface area contributed by atoms with Gasteiger partial charge in [0, 0.05) is 28.9 Å². The summed E-state index contributed by atoms with van der Waals surface area (Å²) in [5, 5.41) is 29.6. The van der Waals surface area contributed by atoms with Crippen molar-refractivity contribution in [3.05, 3.63) is 48.0 Å². The molecule has 4 heteroatoms. The molecule has 1 unspecified atom stereocenters. The molecule has 1 aromatic heterocycles. The fraction of sp³-hybridized carbons (Fsp3) is 0.167. The Hall–Kier alpha value is -3.29. The molecule has 0 radical (unpaired) electrons. The minimum absolute atomic E-state index is 0.708. The van der Waals surface area contributed by atoms with E-state index in [-0.39, 0.29) is 0 Å². The average Bonchev–Trinajstić information content (AvgIpc) is 2.85. The predicted octanol–water partition coefficient (Wildman–Crippen LogP) is 3.60. The van der Waals surface area contributed by atoms with Gasteiger partial charge in [0.1, 0.15) is 5.92 Å². The highest BCUT2D eigenvalue weighted by atomic mass is 14.9. The van der Waals surface area contributed by atoms with Crippen molar-refractivity contribution in [2.45, 2.75) is 5.92 Å². The maximum absolute atomic E-state index is 9.35. The van der Waals surface area contributed by atoms with Crippen LogP contribution in [0.25, 0.3) is 21.8 Å². The van der Waals surface area contributed by atoms with Gasteiger partial charge < -0.3 is 4.57 Å². The van der Waals surface area contributed by atoms with E-state index >= 15 is 0 Å². The van der Waals surface area contributed by atoms with Crippen LogP contribution in [0.4, 0.5) is 0 Å². The number of rotatable bonds is 2. The molecule has 2 aromatic carbocycles. The third-order valence-electron chi connectivity index (χ3n) is 4.05. The lowest BCUT2D eigenvalue weighted by atomic mass is 9.88. The second-order valence-electron chi connectivity index (χ2n) is 5.20. The molecule has 104 valence electrons. The summed E-state index contributed by atoms with van der Waals surface area (Å²) in [5.74, 6) is -1.70. The molecule has 0 aliphatic rings. The lowest BCUT2D eigenvalue weighted by Crippen LogP contribution is -2.07. The van der Waals surface area contributed by atoms with E-state index in [2.05, 4.69) is 10.6 Å². The molecule has 1 atom stereocenters. The van der Waals surface area contributed by atoms with Crippen molar-refractivity contribution in [1.82, 2.24) is 4.57 Å². The highest BCUT2D eigenvalue weighted by molar-refractivity contribution is 6.08. The van der Waals surface area contributed by atoms with Gasteiger partial charge in [-0.15, -0.1) is 0 Å². The third kappa shape index (κ3) is 1.89. The highest BCUT2D eigenvalue weighted by Gasteiger charge is 2.23. The van der Waals surface area contributed by atoms with Gasteiger partial charge in [0.15, 0.2) is 5.92 Å². The molecule has 1 heterocycles. The first-order chi connectivity index (χ1) is 10.7. The van der Waals surface area contributed by atoms with Crippen LogP contribution in [0.5, 0.6) is 0 Å². The van der Waals surface area contributed by atoms with E-state index in [0.29, 0.717) is 5.56 Å². The molecule has 0 saturated carbocycles. The van der Waals surface area contributed by atoms with Gasteiger partial charge in [-0.1, -0.05) is 24.3 Å². The third-order valence-corrected chi connectivity index (χ3v) is 4.05. The van der Waals surface area contributed by atoms with E-state index in [1.807, 2.05) is 61.7 Å². The van der Waals surface area contributed by atoms with Crippen molar-refractivity contribution >= 4 is 21.8 Å². The van der Waals surface area contributed by atoms with Gasteiger partial charge in [0.25, 0.3) is 0 Å². The summed E-state index contributed by atoms with van der Waals surface area (Å²) in [6.07, 6.45) is 0. The fourth-order valence-corrected chi connectivity index (χ4v) is 2.90. The first-order valence-corrected chi connectivity index (χ1v) is 6.87. The van der Waals surface area contributed by atoms with Crippen LogP contribution in [0, 0.1) is 39.9 Å². The summed E-state index contributed by atoms with van der Waals surface area (Å²) >= 11 is 0. The first-order valence-electron chi connectivity index (χ1n) is 6.87. The van der Waals surface area contributed by atoms with Crippen LogP contribution >= 0.6 is 0 Å². The zero-order valence-corrected chi connectivity index (χ0v) is 12.0. The molecule has 0 N–H and O–H groups in total. The monoisotopic (exact) mass is 284 g/mol. The second-order valence-corrected chi connectivity index (χ2v) is 5.20. The van der Waals surface area contributed by atoms with Crippen LogP contribution in [0.15, 0.2) is 42.5 Å². The number of aromatic nitrogens is 1. The van der Waals surface area contributed by atoms with Gasteiger partial charge in [0.05, 0.1) is 18.2 Å². The van der Waals surface area contributed by atoms with E-state index in [0.717, 1.165) is 21.8 Å². The summed E-state index contributed by atoms with van der Waals surface area (Å²) in [6, 6.07) is 19.6. The van der Waals surface area contributed by atoms with E-state index in [1.165, 1.54) is 0 Å². The average molecular weight is 284 g/mol. The molecular formula is C18H12N4. The number of nitriles is 3. The Morgan fingerprint density at radius 2 is 1.55 bits per heavy atom. The number of nitrogens with zero attached hydrogens (tertiary/aromatic N) is 4. The van der Waals surface area contributed by atoms with Crippen LogP contribution in [0.3, 0.4) is 0 Å². The minimum atomic E-state index is -0.961. The van der Waals surface area contributed by atoms with Gasteiger partial charge in [-0.2, -0.15) is 15.8 Å². The molecule has 0 spiro atoms. The molecule has 0 fully saturated rings. The standard InChI is InChI=1S/C18H12N4/c1-22-17-5-3-2-4-14(17)15-8-12(6-7-18(15)22)16(11-21)13(9-19)10-20/h2-8,13,16H,1H3. The Bertz CT molecular complexity index is 978. The van der Waals surface area contributed by atoms with E-state index in [9.17, 15) is 5.26 Å². The maximum Gasteiger partial charge on any atom is 0.153 e. The van der Waals surface area contributed by atoms with Gasteiger partial charge in [0.2, 0.25) is 0 Å². The SMILES string of the molecule is Cn1c2ccccc2c2cc(C(C#N)C(C#N)C#N)ccc21. The minimum Gasteiger partial charge on any atom is -0.344 e. The van der Waals surface area contributed by atoms with Crippen molar-refractivity contribution in [2.75, 3.05) is 0 Å². The number of fused-ring (bicyclic) bond motifs is 3. The number of hydrogen-bond donors (Lipinski definition) is 0. The summed E-state index contributed by atoms with van der Waals surface area (Å²) < 4.78 is 2.10. The van der Waals surface area contributed by atoms with Crippen LogP contribution in [-0.4, -0.2) is 4.57 Å². The van der Waals surface area contributed by atoms with E-state index in [4.69, 9.17) is 10.5 Å².